The molecule has 0 saturated carbocycles. The minimum absolute atomic E-state index is 0.0469. The van der Waals surface area contributed by atoms with Gasteiger partial charge in [0.2, 0.25) is 7.37 Å². The Morgan fingerprint density at radius 2 is 1.21 bits per heavy atom. The van der Waals surface area contributed by atoms with Crippen molar-refractivity contribution in [3.05, 3.63) is 108 Å². The number of esters is 2. The molecule has 34 heavy (non-hydrogen) atoms. The topological polar surface area (TPSA) is 89.9 Å². The maximum absolute atomic E-state index is 13.0. The van der Waals surface area contributed by atoms with Gasteiger partial charge in [-0.2, -0.15) is 0 Å². The maximum atomic E-state index is 13.0. The number of benzene rings is 3. The van der Waals surface area contributed by atoms with Gasteiger partial charge in [-0.15, -0.1) is 0 Å². The van der Waals surface area contributed by atoms with E-state index in [0.29, 0.717) is 5.56 Å². The first-order valence-corrected chi connectivity index (χ1v) is 13.2. The molecule has 0 fully saturated rings. The van der Waals surface area contributed by atoms with Crippen molar-refractivity contribution >= 4 is 19.3 Å². The maximum Gasteiger partial charge on any atom is 0.309 e. The predicted octanol–water partition coefficient (Wildman–Crippen LogP) is 5.34. The van der Waals surface area contributed by atoms with E-state index < -0.39 is 25.2 Å². The SMILES string of the molecule is O=C(CCC(CP(=O)(O)Cc1ccccc1)C(=O)OCc1ccccc1)OCc1ccccc1. The Balaban J connectivity index is 1.60. The summed E-state index contributed by atoms with van der Waals surface area (Å²) in [6.45, 7) is 0.193. The summed E-state index contributed by atoms with van der Waals surface area (Å²) in [5.74, 6) is -1.96. The Labute approximate surface area is 200 Å². The molecule has 0 amide bonds. The summed E-state index contributed by atoms with van der Waals surface area (Å²) in [7, 11) is -3.70. The van der Waals surface area contributed by atoms with Gasteiger partial charge < -0.3 is 14.4 Å². The summed E-state index contributed by atoms with van der Waals surface area (Å²) >= 11 is 0. The van der Waals surface area contributed by atoms with Crippen LogP contribution in [-0.2, 0) is 43.0 Å². The molecule has 6 nitrogen and oxygen atoms in total. The smallest absolute Gasteiger partial charge is 0.309 e. The van der Waals surface area contributed by atoms with Crippen molar-refractivity contribution in [3.8, 4) is 0 Å². The monoisotopic (exact) mass is 480 g/mol. The molecule has 3 aromatic carbocycles. The molecule has 0 aliphatic rings. The first-order chi connectivity index (χ1) is 16.4. The normalized spacial score (nSPS) is 13.4. The van der Waals surface area contributed by atoms with Crippen LogP contribution >= 0.6 is 7.37 Å². The van der Waals surface area contributed by atoms with Crippen molar-refractivity contribution in [2.24, 2.45) is 5.92 Å². The zero-order valence-corrected chi connectivity index (χ0v) is 19.8. The van der Waals surface area contributed by atoms with E-state index in [4.69, 9.17) is 9.47 Å². The molecule has 0 aliphatic carbocycles. The van der Waals surface area contributed by atoms with Gasteiger partial charge in [-0.3, -0.25) is 14.2 Å². The third-order valence-corrected chi connectivity index (χ3v) is 7.15. The average molecular weight is 480 g/mol. The highest BCUT2D eigenvalue weighted by Crippen LogP contribution is 2.47. The van der Waals surface area contributed by atoms with E-state index in [1.807, 2.05) is 66.7 Å². The molecule has 2 unspecified atom stereocenters. The second-order valence-electron chi connectivity index (χ2n) is 8.15. The number of hydrogen-bond donors (Lipinski definition) is 1. The molecule has 0 spiro atoms. The van der Waals surface area contributed by atoms with Crippen molar-refractivity contribution in [1.82, 2.24) is 0 Å². The molecule has 3 rings (SSSR count). The molecule has 0 aromatic heterocycles. The van der Waals surface area contributed by atoms with Crippen LogP contribution in [0.5, 0.6) is 0 Å². The van der Waals surface area contributed by atoms with Crippen LogP contribution in [0.4, 0.5) is 0 Å². The Bertz CT molecular complexity index is 1090. The lowest BCUT2D eigenvalue weighted by atomic mass is 10.1. The van der Waals surface area contributed by atoms with Gasteiger partial charge in [-0.25, -0.2) is 0 Å². The molecule has 0 radical (unpaired) electrons. The van der Waals surface area contributed by atoms with E-state index in [1.54, 1.807) is 24.3 Å². The standard InChI is InChI=1S/C27H29O6P/c28-26(32-18-22-10-4-1-5-11-22)17-16-25(27(29)33-19-23-12-6-2-7-13-23)21-34(30,31)20-24-14-8-3-9-15-24/h1-15,25H,16-21H2,(H,30,31). The molecular formula is C27H29O6P. The lowest BCUT2D eigenvalue weighted by Crippen LogP contribution is -2.23. The highest BCUT2D eigenvalue weighted by atomic mass is 31.2. The second-order valence-corrected chi connectivity index (χ2v) is 10.5. The second kappa shape index (κ2) is 12.9. The van der Waals surface area contributed by atoms with Crippen LogP contribution in [0.25, 0.3) is 0 Å². The largest absolute Gasteiger partial charge is 0.461 e. The molecule has 2 atom stereocenters. The van der Waals surface area contributed by atoms with E-state index in [9.17, 15) is 19.0 Å². The summed E-state index contributed by atoms with van der Waals surface area (Å²) in [5, 5.41) is 0. The van der Waals surface area contributed by atoms with E-state index in [1.165, 1.54) is 0 Å². The van der Waals surface area contributed by atoms with Gasteiger partial charge in [-0.05, 0) is 23.1 Å². The zero-order valence-electron chi connectivity index (χ0n) is 18.9. The summed E-state index contributed by atoms with van der Waals surface area (Å²) in [6.07, 6.45) is -0.292. The van der Waals surface area contributed by atoms with Crippen LogP contribution in [0.3, 0.4) is 0 Å². The first-order valence-electron chi connectivity index (χ1n) is 11.2. The van der Waals surface area contributed by atoms with E-state index >= 15 is 0 Å². The van der Waals surface area contributed by atoms with Crippen molar-refractivity contribution in [1.29, 1.82) is 0 Å². The van der Waals surface area contributed by atoms with Crippen LogP contribution in [0.2, 0.25) is 0 Å². The van der Waals surface area contributed by atoms with Gasteiger partial charge >= 0.3 is 11.9 Å². The van der Waals surface area contributed by atoms with E-state index in [0.717, 1.165) is 11.1 Å². The highest BCUT2D eigenvalue weighted by Gasteiger charge is 2.31. The zero-order chi connectivity index (χ0) is 24.2. The third kappa shape index (κ3) is 8.97. The van der Waals surface area contributed by atoms with Gasteiger partial charge in [0.25, 0.3) is 0 Å². The number of ether oxygens (including phenoxy) is 2. The van der Waals surface area contributed by atoms with Crippen molar-refractivity contribution in [2.45, 2.75) is 32.2 Å². The minimum Gasteiger partial charge on any atom is -0.461 e. The number of carbonyl (C=O) groups excluding carboxylic acids is 2. The fourth-order valence-electron chi connectivity index (χ4n) is 3.51. The fraction of sp³-hybridized carbons (Fsp3) is 0.259. The highest BCUT2D eigenvalue weighted by molar-refractivity contribution is 7.57. The molecule has 178 valence electrons. The van der Waals surface area contributed by atoms with Crippen LogP contribution in [-0.4, -0.2) is 23.0 Å². The molecule has 0 heterocycles. The van der Waals surface area contributed by atoms with Gasteiger partial charge in [0.15, 0.2) is 0 Å². The molecule has 0 bridgehead atoms. The van der Waals surface area contributed by atoms with Crippen LogP contribution < -0.4 is 0 Å². The van der Waals surface area contributed by atoms with E-state index in [-0.39, 0.29) is 38.4 Å². The third-order valence-electron chi connectivity index (χ3n) is 5.27. The molecule has 1 N–H and O–H groups in total. The van der Waals surface area contributed by atoms with Gasteiger partial charge in [0.05, 0.1) is 5.92 Å². The van der Waals surface area contributed by atoms with E-state index in [2.05, 4.69) is 0 Å². The van der Waals surface area contributed by atoms with Crippen molar-refractivity contribution in [2.75, 3.05) is 6.16 Å². The number of rotatable bonds is 12. The summed E-state index contributed by atoms with van der Waals surface area (Å²) in [4.78, 5) is 35.7. The lowest BCUT2D eigenvalue weighted by molar-refractivity contribution is -0.150. The van der Waals surface area contributed by atoms with Gasteiger partial charge in [0.1, 0.15) is 13.2 Å². The Morgan fingerprint density at radius 3 is 1.74 bits per heavy atom. The van der Waals surface area contributed by atoms with Crippen LogP contribution in [0.15, 0.2) is 91.0 Å². The Morgan fingerprint density at radius 1 is 0.735 bits per heavy atom. The Kier molecular flexibility index (Phi) is 9.62. The van der Waals surface area contributed by atoms with Crippen molar-refractivity contribution in [3.63, 3.8) is 0 Å². The molecule has 7 heteroatoms. The predicted molar refractivity (Wildman–Crippen MR) is 130 cm³/mol. The van der Waals surface area contributed by atoms with Gasteiger partial charge in [0, 0.05) is 18.7 Å². The van der Waals surface area contributed by atoms with Gasteiger partial charge in [-0.1, -0.05) is 91.0 Å². The van der Waals surface area contributed by atoms with Crippen LogP contribution in [0, 0.1) is 5.92 Å². The average Bonchev–Trinajstić information content (AvgIpc) is 2.85. The molecule has 0 aliphatic heterocycles. The first kappa shape index (κ1) is 25.4. The number of carbonyl (C=O) groups is 2. The summed E-state index contributed by atoms with van der Waals surface area (Å²) in [6, 6.07) is 27.4. The summed E-state index contributed by atoms with van der Waals surface area (Å²) in [5.41, 5.74) is 2.39. The molecule has 0 saturated heterocycles. The number of hydrogen-bond acceptors (Lipinski definition) is 5. The quantitative estimate of drug-likeness (QED) is 0.278. The Hall–Kier alpha value is -3.21. The van der Waals surface area contributed by atoms with Crippen LogP contribution in [0.1, 0.15) is 29.5 Å². The molecule has 3 aromatic rings. The molecular weight excluding hydrogens is 451 g/mol. The lowest BCUT2D eigenvalue weighted by Gasteiger charge is -2.19. The fourth-order valence-corrected chi connectivity index (χ4v) is 5.44. The summed E-state index contributed by atoms with van der Waals surface area (Å²) < 4.78 is 23.7. The minimum atomic E-state index is -3.70. The van der Waals surface area contributed by atoms with Crippen molar-refractivity contribution < 1.29 is 28.5 Å².